The third-order valence-electron chi connectivity index (χ3n) is 4.49. The fraction of sp³-hybridized carbons (Fsp3) is 0.350. The first-order valence-electron chi connectivity index (χ1n) is 8.70. The molecular weight excluding hydrogens is 371 g/mol. The zero-order valence-electron chi connectivity index (χ0n) is 14.7. The molecule has 0 amide bonds. The number of benzene rings is 2. The largest absolute Gasteiger partial charge is 0.376 e. The third kappa shape index (κ3) is 4.72. The minimum atomic E-state index is -0.235. The van der Waals surface area contributed by atoms with Gasteiger partial charge in [0.2, 0.25) is 0 Å². The van der Waals surface area contributed by atoms with Crippen LogP contribution in [0.2, 0.25) is 5.02 Å². The molecule has 1 aliphatic rings. The van der Waals surface area contributed by atoms with Gasteiger partial charge in [0.15, 0.2) is 5.11 Å². The Kier molecular flexibility index (Phi) is 6.46. The summed E-state index contributed by atoms with van der Waals surface area (Å²) < 4.78 is 19.9. The van der Waals surface area contributed by atoms with E-state index in [1.54, 1.807) is 12.1 Å². The topological polar surface area (TPSA) is 24.5 Å². The molecular formula is C20H22ClFN2OS. The van der Waals surface area contributed by atoms with E-state index in [4.69, 9.17) is 28.6 Å². The minimum Gasteiger partial charge on any atom is -0.376 e. The first-order chi connectivity index (χ1) is 12.5. The van der Waals surface area contributed by atoms with Crippen molar-refractivity contribution < 1.29 is 9.13 Å². The van der Waals surface area contributed by atoms with Crippen LogP contribution < -0.4 is 5.32 Å². The Labute approximate surface area is 164 Å². The highest BCUT2D eigenvalue weighted by atomic mass is 35.5. The number of anilines is 1. The first kappa shape index (κ1) is 19.1. The van der Waals surface area contributed by atoms with Crippen molar-refractivity contribution in [3.05, 3.63) is 64.4 Å². The molecule has 2 aromatic rings. The summed E-state index contributed by atoms with van der Waals surface area (Å²) in [7, 11) is 0. The predicted molar refractivity (Wildman–Crippen MR) is 108 cm³/mol. The fourth-order valence-corrected chi connectivity index (χ4v) is 3.45. The van der Waals surface area contributed by atoms with Gasteiger partial charge in [-0.05, 0) is 49.7 Å². The van der Waals surface area contributed by atoms with Gasteiger partial charge in [0.1, 0.15) is 5.82 Å². The molecule has 6 heteroatoms. The molecule has 0 spiro atoms. The molecule has 1 N–H and O–H groups in total. The lowest BCUT2D eigenvalue weighted by Gasteiger charge is -2.29. The van der Waals surface area contributed by atoms with Crippen molar-refractivity contribution >= 4 is 34.6 Å². The Hall–Kier alpha value is -1.69. The molecule has 0 bridgehead atoms. The van der Waals surface area contributed by atoms with Crippen LogP contribution in [0, 0.1) is 12.7 Å². The van der Waals surface area contributed by atoms with Crippen molar-refractivity contribution in [3.8, 4) is 0 Å². The molecule has 1 atom stereocenters. The van der Waals surface area contributed by atoms with Gasteiger partial charge in [-0.25, -0.2) is 4.39 Å². The van der Waals surface area contributed by atoms with Gasteiger partial charge in [0.25, 0.3) is 0 Å². The molecule has 0 saturated carbocycles. The van der Waals surface area contributed by atoms with Gasteiger partial charge in [-0.3, -0.25) is 0 Å². The summed E-state index contributed by atoms with van der Waals surface area (Å²) in [5.41, 5.74) is 2.33. The van der Waals surface area contributed by atoms with Crippen molar-refractivity contribution in [1.29, 1.82) is 0 Å². The Morgan fingerprint density at radius 2 is 2.12 bits per heavy atom. The lowest BCUT2D eigenvalue weighted by molar-refractivity contribution is 0.0903. The maximum atomic E-state index is 14.1. The summed E-state index contributed by atoms with van der Waals surface area (Å²) in [6, 6.07) is 12.5. The summed E-state index contributed by atoms with van der Waals surface area (Å²) in [6.07, 6.45) is 2.14. The van der Waals surface area contributed by atoms with Crippen molar-refractivity contribution in [3.63, 3.8) is 0 Å². The van der Waals surface area contributed by atoms with Crippen molar-refractivity contribution in [2.45, 2.75) is 32.4 Å². The van der Waals surface area contributed by atoms with Gasteiger partial charge < -0.3 is 15.0 Å². The Morgan fingerprint density at radius 3 is 2.85 bits per heavy atom. The Bertz CT molecular complexity index is 780. The molecule has 0 unspecified atom stereocenters. The van der Waals surface area contributed by atoms with E-state index in [-0.39, 0.29) is 11.9 Å². The summed E-state index contributed by atoms with van der Waals surface area (Å²) in [5, 5.41) is 4.36. The number of rotatable bonds is 5. The average molecular weight is 393 g/mol. The standard InChI is InChI=1S/C20H22ClFN2OS/c1-14-6-4-10-18(19(14)21)23-20(26)24(13-16-8-5-11-25-16)12-15-7-2-3-9-17(15)22/h2-4,6-7,9-10,16H,5,8,11-13H2,1H3,(H,23,26)/t16-/m0/s1. The normalized spacial score (nSPS) is 16.5. The fourth-order valence-electron chi connectivity index (χ4n) is 3.02. The molecule has 1 fully saturated rings. The number of thiocarbonyl (C=S) groups is 1. The van der Waals surface area contributed by atoms with Crippen LogP contribution in [0.1, 0.15) is 24.0 Å². The zero-order chi connectivity index (χ0) is 18.5. The number of ether oxygens (including phenoxy) is 1. The van der Waals surface area contributed by atoms with Crippen LogP contribution in [-0.4, -0.2) is 29.3 Å². The third-order valence-corrected chi connectivity index (χ3v) is 5.35. The molecule has 0 aliphatic carbocycles. The van der Waals surface area contributed by atoms with Gasteiger partial charge in [-0.1, -0.05) is 41.9 Å². The van der Waals surface area contributed by atoms with Crippen LogP contribution in [0.4, 0.5) is 10.1 Å². The van der Waals surface area contributed by atoms with Gasteiger partial charge in [0.05, 0.1) is 16.8 Å². The number of hydrogen-bond acceptors (Lipinski definition) is 2. The van der Waals surface area contributed by atoms with Gasteiger partial charge >= 0.3 is 0 Å². The molecule has 0 aromatic heterocycles. The molecule has 1 aliphatic heterocycles. The molecule has 0 radical (unpaired) electrons. The summed E-state index contributed by atoms with van der Waals surface area (Å²) in [4.78, 5) is 1.95. The lowest BCUT2D eigenvalue weighted by atomic mass is 10.1. The van der Waals surface area contributed by atoms with Gasteiger partial charge in [-0.15, -0.1) is 0 Å². The summed E-state index contributed by atoms with van der Waals surface area (Å²) >= 11 is 12.0. The van der Waals surface area contributed by atoms with E-state index in [2.05, 4.69) is 5.32 Å². The molecule has 26 heavy (non-hydrogen) atoms. The summed E-state index contributed by atoms with van der Waals surface area (Å²) in [6.45, 7) is 3.70. The van der Waals surface area contributed by atoms with Gasteiger partial charge in [-0.2, -0.15) is 0 Å². The van der Waals surface area contributed by atoms with Crippen molar-refractivity contribution in [2.75, 3.05) is 18.5 Å². The van der Waals surface area contributed by atoms with Crippen LogP contribution in [-0.2, 0) is 11.3 Å². The molecule has 3 nitrogen and oxygen atoms in total. The summed E-state index contributed by atoms with van der Waals surface area (Å²) in [5.74, 6) is -0.235. The number of hydrogen-bond donors (Lipinski definition) is 1. The molecule has 1 saturated heterocycles. The SMILES string of the molecule is Cc1cccc(NC(=S)N(Cc2ccccc2F)C[C@@H]2CCCO2)c1Cl. The van der Waals surface area contributed by atoms with Crippen LogP contribution in [0.15, 0.2) is 42.5 Å². The second-order valence-electron chi connectivity index (χ2n) is 6.47. The number of halogens is 2. The monoisotopic (exact) mass is 392 g/mol. The highest BCUT2D eigenvalue weighted by Gasteiger charge is 2.22. The minimum absolute atomic E-state index is 0.106. The van der Waals surface area contributed by atoms with E-state index in [0.29, 0.717) is 28.8 Å². The molecule has 1 heterocycles. The first-order valence-corrected chi connectivity index (χ1v) is 9.49. The lowest BCUT2D eigenvalue weighted by Crippen LogP contribution is -2.39. The average Bonchev–Trinajstić information content (AvgIpc) is 3.13. The highest BCUT2D eigenvalue weighted by Crippen LogP contribution is 2.26. The van der Waals surface area contributed by atoms with Crippen LogP contribution in [0.3, 0.4) is 0 Å². The van der Waals surface area contributed by atoms with Crippen LogP contribution in [0.25, 0.3) is 0 Å². The van der Waals surface area contributed by atoms with E-state index in [0.717, 1.165) is 30.7 Å². The maximum absolute atomic E-state index is 14.1. The molecule has 2 aromatic carbocycles. The van der Waals surface area contributed by atoms with Crippen LogP contribution in [0.5, 0.6) is 0 Å². The quantitative estimate of drug-likeness (QED) is 0.710. The molecule has 3 rings (SSSR count). The zero-order valence-corrected chi connectivity index (χ0v) is 16.2. The number of nitrogens with one attached hydrogen (secondary N) is 1. The van der Waals surface area contributed by atoms with E-state index < -0.39 is 0 Å². The predicted octanol–water partition coefficient (Wildman–Crippen LogP) is 5.17. The van der Waals surface area contributed by atoms with E-state index in [1.807, 2.05) is 36.1 Å². The Morgan fingerprint density at radius 1 is 1.31 bits per heavy atom. The number of aryl methyl sites for hydroxylation is 1. The van der Waals surface area contributed by atoms with E-state index in [1.165, 1.54) is 6.07 Å². The smallest absolute Gasteiger partial charge is 0.173 e. The van der Waals surface area contributed by atoms with Crippen molar-refractivity contribution in [1.82, 2.24) is 4.90 Å². The number of nitrogens with zero attached hydrogens (tertiary/aromatic N) is 1. The molecule has 138 valence electrons. The highest BCUT2D eigenvalue weighted by molar-refractivity contribution is 7.80. The maximum Gasteiger partial charge on any atom is 0.173 e. The van der Waals surface area contributed by atoms with Gasteiger partial charge in [0, 0.05) is 25.3 Å². The van der Waals surface area contributed by atoms with E-state index >= 15 is 0 Å². The second-order valence-corrected chi connectivity index (χ2v) is 7.24. The van der Waals surface area contributed by atoms with Crippen molar-refractivity contribution in [2.24, 2.45) is 0 Å². The van der Waals surface area contributed by atoms with E-state index in [9.17, 15) is 4.39 Å². The second kappa shape index (κ2) is 8.80. The Balaban J connectivity index is 1.78. The van der Waals surface area contributed by atoms with Crippen LogP contribution >= 0.6 is 23.8 Å².